The molecule has 108 valence electrons. The molecule has 1 atom stereocenters. The van der Waals surface area contributed by atoms with Crippen molar-refractivity contribution < 1.29 is 9.21 Å². The summed E-state index contributed by atoms with van der Waals surface area (Å²) < 4.78 is 7.14. The molecule has 0 saturated carbocycles. The van der Waals surface area contributed by atoms with Gasteiger partial charge in [0, 0.05) is 32.4 Å². The van der Waals surface area contributed by atoms with E-state index in [2.05, 4.69) is 15.6 Å². The maximum Gasteiger partial charge on any atom is 0.237 e. The number of nitrogens with zero attached hydrogens (tertiary/aromatic N) is 2. The Morgan fingerprint density at radius 1 is 1.55 bits per heavy atom. The highest BCUT2D eigenvalue weighted by atomic mass is 16.3. The van der Waals surface area contributed by atoms with Gasteiger partial charge >= 0.3 is 0 Å². The summed E-state index contributed by atoms with van der Waals surface area (Å²) in [6, 6.07) is 3.39. The van der Waals surface area contributed by atoms with E-state index in [1.165, 1.54) is 0 Å². The average molecular weight is 276 g/mol. The molecule has 6 heteroatoms. The minimum absolute atomic E-state index is 0.0405. The quantitative estimate of drug-likeness (QED) is 0.786. The molecule has 6 nitrogen and oxygen atoms in total. The first-order valence-corrected chi connectivity index (χ1v) is 6.66. The van der Waals surface area contributed by atoms with Crippen LogP contribution in [0.3, 0.4) is 0 Å². The zero-order valence-corrected chi connectivity index (χ0v) is 11.8. The van der Waals surface area contributed by atoms with Crippen molar-refractivity contribution in [3.63, 3.8) is 0 Å². The van der Waals surface area contributed by atoms with Crippen molar-refractivity contribution >= 4 is 5.91 Å². The summed E-state index contributed by atoms with van der Waals surface area (Å²) in [6.45, 7) is 2.97. The van der Waals surface area contributed by atoms with E-state index in [9.17, 15) is 4.79 Å². The van der Waals surface area contributed by atoms with Gasteiger partial charge in [0.2, 0.25) is 5.91 Å². The number of hydrogen-bond donors (Lipinski definition) is 2. The molecule has 1 unspecified atom stereocenters. The van der Waals surface area contributed by atoms with Crippen molar-refractivity contribution in [1.29, 1.82) is 0 Å². The molecule has 2 aromatic heterocycles. The third-order valence-corrected chi connectivity index (χ3v) is 3.13. The molecule has 2 N–H and O–H groups in total. The third-order valence-electron chi connectivity index (χ3n) is 3.13. The van der Waals surface area contributed by atoms with E-state index < -0.39 is 0 Å². The lowest BCUT2D eigenvalue weighted by Crippen LogP contribution is -2.42. The van der Waals surface area contributed by atoms with Crippen LogP contribution in [0.5, 0.6) is 0 Å². The monoisotopic (exact) mass is 276 g/mol. The summed E-state index contributed by atoms with van der Waals surface area (Å²) in [7, 11) is 1.96. The van der Waals surface area contributed by atoms with Gasteiger partial charge in [-0.25, -0.2) is 4.98 Å². The highest BCUT2D eigenvalue weighted by molar-refractivity contribution is 5.81. The van der Waals surface area contributed by atoms with Crippen molar-refractivity contribution in [3.05, 3.63) is 42.4 Å². The Morgan fingerprint density at radius 3 is 3.05 bits per heavy atom. The number of aryl methyl sites for hydroxylation is 1. The molecule has 0 spiro atoms. The predicted octanol–water partition coefficient (Wildman–Crippen LogP) is 0.850. The molecule has 0 fully saturated rings. The van der Waals surface area contributed by atoms with Crippen LogP contribution in [-0.4, -0.2) is 28.0 Å². The molecular formula is C14H20N4O2. The number of aromatic nitrogens is 2. The summed E-state index contributed by atoms with van der Waals surface area (Å²) in [4.78, 5) is 16.1. The van der Waals surface area contributed by atoms with Crippen LogP contribution in [0.25, 0.3) is 0 Å². The number of furan rings is 1. The summed E-state index contributed by atoms with van der Waals surface area (Å²) in [5.41, 5.74) is 0. The number of nitrogens with one attached hydrogen (secondary N) is 2. The fraction of sp³-hybridized carbons (Fsp3) is 0.429. The molecule has 2 heterocycles. The van der Waals surface area contributed by atoms with Gasteiger partial charge < -0.3 is 19.6 Å². The first kappa shape index (κ1) is 14.3. The third kappa shape index (κ3) is 3.96. The van der Waals surface area contributed by atoms with Crippen LogP contribution in [0, 0.1) is 0 Å². The second kappa shape index (κ2) is 6.91. The van der Waals surface area contributed by atoms with E-state index in [1.54, 1.807) is 18.5 Å². The minimum atomic E-state index is -0.245. The van der Waals surface area contributed by atoms with Crippen LogP contribution in [0.1, 0.15) is 18.5 Å². The molecule has 0 aliphatic rings. The number of imidazole rings is 1. The summed E-state index contributed by atoms with van der Waals surface area (Å²) in [5.74, 6) is 1.71. The van der Waals surface area contributed by atoms with Gasteiger partial charge in [-0.05, 0) is 19.1 Å². The van der Waals surface area contributed by atoms with Crippen molar-refractivity contribution in [2.75, 3.05) is 6.54 Å². The van der Waals surface area contributed by atoms with E-state index in [0.717, 1.165) is 18.0 Å². The zero-order chi connectivity index (χ0) is 14.4. The van der Waals surface area contributed by atoms with Crippen LogP contribution in [0.15, 0.2) is 35.2 Å². The molecule has 0 aromatic carbocycles. The van der Waals surface area contributed by atoms with Crippen molar-refractivity contribution in [3.8, 4) is 0 Å². The lowest BCUT2D eigenvalue weighted by atomic mass is 10.3. The first-order valence-electron chi connectivity index (χ1n) is 6.66. The first-order chi connectivity index (χ1) is 9.66. The Balaban J connectivity index is 1.67. The smallest absolute Gasteiger partial charge is 0.237 e. The molecule has 1 amide bonds. The molecule has 0 aliphatic carbocycles. The Morgan fingerprint density at radius 2 is 2.40 bits per heavy atom. The molecular weight excluding hydrogens is 256 g/mol. The van der Waals surface area contributed by atoms with Gasteiger partial charge in [-0.2, -0.15) is 0 Å². The summed E-state index contributed by atoms with van der Waals surface area (Å²) in [5, 5.41) is 6.01. The molecule has 2 rings (SSSR count). The van der Waals surface area contributed by atoms with Crippen LogP contribution < -0.4 is 10.6 Å². The highest BCUT2D eigenvalue weighted by Crippen LogP contribution is 1.99. The minimum Gasteiger partial charge on any atom is -0.467 e. The number of hydrogen-bond acceptors (Lipinski definition) is 4. The van der Waals surface area contributed by atoms with E-state index >= 15 is 0 Å². The number of carbonyl (C=O) groups is 1. The highest BCUT2D eigenvalue weighted by Gasteiger charge is 2.12. The van der Waals surface area contributed by atoms with E-state index in [-0.39, 0.29) is 11.9 Å². The second-order valence-corrected chi connectivity index (χ2v) is 4.68. The molecule has 0 radical (unpaired) electrons. The average Bonchev–Trinajstić information content (AvgIpc) is 3.08. The molecule has 0 bridgehead atoms. The SMILES string of the molecule is CC(NCCc1nccn1C)C(=O)NCc1ccco1. The predicted molar refractivity (Wildman–Crippen MR) is 74.9 cm³/mol. The lowest BCUT2D eigenvalue weighted by molar-refractivity contribution is -0.123. The molecule has 2 aromatic rings. The Labute approximate surface area is 118 Å². The van der Waals surface area contributed by atoms with E-state index in [1.807, 2.05) is 30.8 Å². The topological polar surface area (TPSA) is 72.1 Å². The largest absolute Gasteiger partial charge is 0.467 e. The molecule has 0 saturated heterocycles. The summed E-state index contributed by atoms with van der Waals surface area (Å²) in [6.07, 6.45) is 6.07. The van der Waals surface area contributed by atoms with Crippen LogP contribution in [-0.2, 0) is 24.8 Å². The van der Waals surface area contributed by atoms with Crippen LogP contribution in [0.2, 0.25) is 0 Å². The Bertz CT molecular complexity index is 533. The Kier molecular flexibility index (Phi) is 4.95. The number of carbonyl (C=O) groups excluding carboxylic acids is 1. The van der Waals surface area contributed by atoms with Gasteiger partial charge in [0.05, 0.1) is 18.8 Å². The van der Waals surface area contributed by atoms with Crippen LogP contribution in [0.4, 0.5) is 0 Å². The van der Waals surface area contributed by atoms with Gasteiger partial charge in [0.25, 0.3) is 0 Å². The fourth-order valence-corrected chi connectivity index (χ4v) is 1.87. The van der Waals surface area contributed by atoms with Gasteiger partial charge in [-0.15, -0.1) is 0 Å². The number of amides is 1. The van der Waals surface area contributed by atoms with Crippen molar-refractivity contribution in [2.24, 2.45) is 7.05 Å². The maximum atomic E-state index is 11.9. The van der Waals surface area contributed by atoms with Gasteiger partial charge in [0.1, 0.15) is 11.6 Å². The summed E-state index contributed by atoms with van der Waals surface area (Å²) >= 11 is 0. The van der Waals surface area contributed by atoms with E-state index in [0.29, 0.717) is 13.1 Å². The Hall–Kier alpha value is -2.08. The van der Waals surface area contributed by atoms with Crippen molar-refractivity contribution in [2.45, 2.75) is 25.9 Å². The fourth-order valence-electron chi connectivity index (χ4n) is 1.87. The van der Waals surface area contributed by atoms with Gasteiger partial charge in [-0.3, -0.25) is 4.79 Å². The molecule has 0 aliphatic heterocycles. The van der Waals surface area contributed by atoms with Gasteiger partial charge in [-0.1, -0.05) is 0 Å². The standard InChI is InChI=1S/C14H20N4O2/c1-11(14(19)17-10-12-4-3-9-20-12)15-6-5-13-16-7-8-18(13)2/h3-4,7-9,11,15H,5-6,10H2,1-2H3,(H,17,19). The van der Waals surface area contributed by atoms with Gasteiger partial charge in [0.15, 0.2) is 0 Å². The van der Waals surface area contributed by atoms with Crippen LogP contribution >= 0.6 is 0 Å². The van der Waals surface area contributed by atoms with E-state index in [4.69, 9.17) is 4.42 Å². The maximum absolute atomic E-state index is 11.9. The molecule has 20 heavy (non-hydrogen) atoms. The second-order valence-electron chi connectivity index (χ2n) is 4.68. The van der Waals surface area contributed by atoms with Crippen molar-refractivity contribution in [1.82, 2.24) is 20.2 Å². The normalized spacial score (nSPS) is 12.3. The lowest BCUT2D eigenvalue weighted by Gasteiger charge is -2.13. The zero-order valence-electron chi connectivity index (χ0n) is 11.8. The number of rotatable bonds is 7.